The molecule has 0 saturated carbocycles. The standard InChI is InChI=1S/C20H23N3O5/c1-13(28-18-8-6-17(25)7-9-18)19(26)21-10-11-22-20(27)15-4-3-5-16(12-15)23-14(2)24/h3-9,12-13,25H,10-11H2,1-2H3,(H,21,26)(H,22,27)(H,23,24). The summed E-state index contributed by atoms with van der Waals surface area (Å²) in [5.74, 6) is -0.274. The molecule has 0 aliphatic heterocycles. The fourth-order valence-corrected chi connectivity index (χ4v) is 2.33. The molecule has 1 atom stereocenters. The number of hydrogen-bond donors (Lipinski definition) is 4. The van der Waals surface area contributed by atoms with E-state index in [1.165, 1.54) is 19.1 Å². The molecule has 0 bridgehead atoms. The average Bonchev–Trinajstić information content (AvgIpc) is 2.66. The van der Waals surface area contributed by atoms with E-state index in [0.717, 1.165) is 0 Å². The van der Waals surface area contributed by atoms with Crippen molar-refractivity contribution in [3.8, 4) is 11.5 Å². The molecule has 0 fully saturated rings. The van der Waals surface area contributed by atoms with Crippen molar-refractivity contribution in [2.45, 2.75) is 20.0 Å². The summed E-state index contributed by atoms with van der Waals surface area (Å²) < 4.78 is 5.48. The molecule has 0 aromatic heterocycles. The number of ether oxygens (including phenoxy) is 1. The molecule has 2 rings (SSSR count). The molecular weight excluding hydrogens is 362 g/mol. The van der Waals surface area contributed by atoms with E-state index in [-0.39, 0.29) is 36.6 Å². The molecule has 0 saturated heterocycles. The number of phenols is 1. The zero-order valence-electron chi connectivity index (χ0n) is 15.7. The van der Waals surface area contributed by atoms with Crippen LogP contribution in [0.2, 0.25) is 0 Å². The molecule has 4 N–H and O–H groups in total. The van der Waals surface area contributed by atoms with Crippen LogP contribution in [0.1, 0.15) is 24.2 Å². The van der Waals surface area contributed by atoms with E-state index in [0.29, 0.717) is 17.0 Å². The molecular formula is C20H23N3O5. The highest BCUT2D eigenvalue weighted by Crippen LogP contribution is 2.17. The Balaban J connectivity index is 1.74. The van der Waals surface area contributed by atoms with Crippen LogP contribution in [0.15, 0.2) is 48.5 Å². The number of carbonyl (C=O) groups excluding carboxylic acids is 3. The smallest absolute Gasteiger partial charge is 0.260 e. The van der Waals surface area contributed by atoms with E-state index in [1.807, 2.05) is 0 Å². The van der Waals surface area contributed by atoms with Crippen LogP contribution in [0.25, 0.3) is 0 Å². The minimum atomic E-state index is -0.727. The summed E-state index contributed by atoms with van der Waals surface area (Å²) in [6.07, 6.45) is -0.727. The van der Waals surface area contributed by atoms with Crippen molar-refractivity contribution >= 4 is 23.4 Å². The predicted octanol–water partition coefficient (Wildman–Crippen LogP) is 1.66. The Bertz CT molecular complexity index is 836. The van der Waals surface area contributed by atoms with Crippen LogP contribution in [0.5, 0.6) is 11.5 Å². The van der Waals surface area contributed by atoms with Gasteiger partial charge in [0.1, 0.15) is 11.5 Å². The zero-order valence-corrected chi connectivity index (χ0v) is 15.7. The lowest BCUT2D eigenvalue weighted by molar-refractivity contribution is -0.127. The summed E-state index contributed by atoms with van der Waals surface area (Å²) in [6, 6.07) is 12.6. The number of aromatic hydroxyl groups is 1. The van der Waals surface area contributed by atoms with Crippen molar-refractivity contribution in [1.82, 2.24) is 10.6 Å². The Hall–Kier alpha value is -3.55. The molecule has 28 heavy (non-hydrogen) atoms. The number of phenolic OH excluding ortho intramolecular Hbond substituents is 1. The molecule has 8 nitrogen and oxygen atoms in total. The van der Waals surface area contributed by atoms with Gasteiger partial charge in [-0.1, -0.05) is 6.07 Å². The second-order valence-electron chi connectivity index (χ2n) is 6.06. The third kappa shape index (κ3) is 6.64. The Labute approximate surface area is 162 Å². The van der Waals surface area contributed by atoms with E-state index < -0.39 is 6.10 Å². The third-order valence-electron chi connectivity index (χ3n) is 3.67. The van der Waals surface area contributed by atoms with Gasteiger partial charge in [-0.15, -0.1) is 0 Å². The molecule has 0 radical (unpaired) electrons. The minimum Gasteiger partial charge on any atom is -0.508 e. The topological polar surface area (TPSA) is 117 Å². The molecule has 0 aliphatic rings. The van der Waals surface area contributed by atoms with Crippen LogP contribution in [0, 0.1) is 0 Å². The largest absolute Gasteiger partial charge is 0.508 e. The van der Waals surface area contributed by atoms with Crippen LogP contribution in [-0.4, -0.2) is 42.0 Å². The fourth-order valence-electron chi connectivity index (χ4n) is 2.33. The van der Waals surface area contributed by atoms with Gasteiger partial charge in [0.15, 0.2) is 6.10 Å². The summed E-state index contributed by atoms with van der Waals surface area (Å²) in [7, 11) is 0. The van der Waals surface area contributed by atoms with Crippen molar-refractivity contribution in [3.05, 3.63) is 54.1 Å². The first-order chi connectivity index (χ1) is 13.3. The molecule has 2 aromatic carbocycles. The number of nitrogens with one attached hydrogen (secondary N) is 3. The lowest BCUT2D eigenvalue weighted by atomic mass is 10.2. The van der Waals surface area contributed by atoms with Gasteiger partial charge in [-0.25, -0.2) is 0 Å². The highest BCUT2D eigenvalue weighted by atomic mass is 16.5. The summed E-state index contributed by atoms with van der Waals surface area (Å²) in [4.78, 5) is 35.3. The van der Waals surface area contributed by atoms with Gasteiger partial charge in [0, 0.05) is 31.3 Å². The van der Waals surface area contributed by atoms with Gasteiger partial charge in [0.2, 0.25) is 5.91 Å². The molecule has 0 heterocycles. The Kier molecular flexibility index (Phi) is 7.38. The lowest BCUT2D eigenvalue weighted by Gasteiger charge is -2.15. The lowest BCUT2D eigenvalue weighted by Crippen LogP contribution is -2.40. The monoisotopic (exact) mass is 385 g/mol. The maximum Gasteiger partial charge on any atom is 0.260 e. The summed E-state index contributed by atoms with van der Waals surface area (Å²) in [6.45, 7) is 3.47. The number of anilines is 1. The second-order valence-corrected chi connectivity index (χ2v) is 6.06. The van der Waals surface area contributed by atoms with Crippen molar-refractivity contribution in [1.29, 1.82) is 0 Å². The van der Waals surface area contributed by atoms with Gasteiger partial charge in [-0.3, -0.25) is 14.4 Å². The normalized spacial score (nSPS) is 11.2. The maximum absolute atomic E-state index is 12.1. The van der Waals surface area contributed by atoms with E-state index in [1.54, 1.807) is 43.3 Å². The van der Waals surface area contributed by atoms with Crippen molar-refractivity contribution in [2.75, 3.05) is 18.4 Å². The first-order valence-electron chi connectivity index (χ1n) is 8.74. The van der Waals surface area contributed by atoms with Gasteiger partial charge < -0.3 is 25.8 Å². The first kappa shape index (κ1) is 20.8. The molecule has 0 spiro atoms. The van der Waals surface area contributed by atoms with Gasteiger partial charge in [0.05, 0.1) is 0 Å². The number of rotatable bonds is 8. The molecule has 3 amide bonds. The zero-order chi connectivity index (χ0) is 20.5. The van der Waals surface area contributed by atoms with Crippen LogP contribution in [0.3, 0.4) is 0 Å². The highest BCUT2D eigenvalue weighted by molar-refractivity contribution is 5.96. The quantitative estimate of drug-likeness (QED) is 0.516. The van der Waals surface area contributed by atoms with Crippen LogP contribution in [0.4, 0.5) is 5.69 Å². The molecule has 2 aromatic rings. The summed E-state index contributed by atoms with van der Waals surface area (Å²) in [5, 5.41) is 17.2. The van der Waals surface area contributed by atoms with Crippen molar-refractivity contribution in [2.24, 2.45) is 0 Å². The Morgan fingerprint density at radius 1 is 1.04 bits per heavy atom. The van der Waals surface area contributed by atoms with E-state index in [2.05, 4.69) is 16.0 Å². The van der Waals surface area contributed by atoms with Crippen LogP contribution < -0.4 is 20.7 Å². The van der Waals surface area contributed by atoms with Gasteiger partial charge in [-0.05, 0) is 49.4 Å². The van der Waals surface area contributed by atoms with E-state index in [9.17, 15) is 19.5 Å². The van der Waals surface area contributed by atoms with Crippen molar-refractivity contribution in [3.63, 3.8) is 0 Å². The molecule has 148 valence electrons. The van der Waals surface area contributed by atoms with Crippen LogP contribution in [-0.2, 0) is 9.59 Å². The number of amides is 3. The first-order valence-corrected chi connectivity index (χ1v) is 8.74. The highest BCUT2D eigenvalue weighted by Gasteiger charge is 2.14. The maximum atomic E-state index is 12.1. The second kappa shape index (κ2) is 9.96. The Morgan fingerprint density at radius 2 is 1.71 bits per heavy atom. The average molecular weight is 385 g/mol. The van der Waals surface area contributed by atoms with Crippen molar-refractivity contribution < 1.29 is 24.2 Å². The van der Waals surface area contributed by atoms with Gasteiger partial charge in [0.25, 0.3) is 11.8 Å². The number of benzene rings is 2. The van der Waals surface area contributed by atoms with E-state index in [4.69, 9.17) is 4.74 Å². The van der Waals surface area contributed by atoms with Gasteiger partial charge >= 0.3 is 0 Å². The molecule has 8 heteroatoms. The molecule has 0 aliphatic carbocycles. The van der Waals surface area contributed by atoms with Gasteiger partial charge in [-0.2, -0.15) is 0 Å². The summed E-state index contributed by atoms with van der Waals surface area (Å²) in [5.41, 5.74) is 0.940. The summed E-state index contributed by atoms with van der Waals surface area (Å²) >= 11 is 0. The minimum absolute atomic E-state index is 0.114. The number of carbonyl (C=O) groups is 3. The molecule has 1 unspecified atom stereocenters. The fraction of sp³-hybridized carbons (Fsp3) is 0.250. The SMILES string of the molecule is CC(=O)Nc1cccc(C(=O)NCCNC(=O)C(C)Oc2ccc(O)cc2)c1. The predicted molar refractivity (Wildman–Crippen MR) is 104 cm³/mol. The third-order valence-corrected chi connectivity index (χ3v) is 3.67. The number of hydrogen-bond acceptors (Lipinski definition) is 5. The van der Waals surface area contributed by atoms with Crippen LogP contribution >= 0.6 is 0 Å². The van der Waals surface area contributed by atoms with E-state index >= 15 is 0 Å². The Morgan fingerprint density at radius 3 is 2.39 bits per heavy atom.